The zero-order valence-corrected chi connectivity index (χ0v) is 17.7. The summed E-state index contributed by atoms with van der Waals surface area (Å²) >= 11 is 0. The van der Waals surface area contributed by atoms with E-state index >= 15 is 0 Å². The molecule has 1 saturated carbocycles. The summed E-state index contributed by atoms with van der Waals surface area (Å²) in [7, 11) is 1.62. The van der Waals surface area contributed by atoms with Crippen molar-refractivity contribution in [3.63, 3.8) is 0 Å². The number of amides is 1. The molecule has 1 aliphatic carbocycles. The molecule has 0 saturated heterocycles. The Morgan fingerprint density at radius 2 is 1.84 bits per heavy atom. The van der Waals surface area contributed by atoms with E-state index in [2.05, 4.69) is 33.0 Å². The fourth-order valence-electron chi connectivity index (χ4n) is 2.79. The second-order valence-electron chi connectivity index (χ2n) is 5.08. The van der Waals surface area contributed by atoms with Gasteiger partial charge in [0.2, 0.25) is 0 Å². The second-order valence-corrected chi connectivity index (χ2v) is 5.08. The van der Waals surface area contributed by atoms with E-state index in [1.807, 2.05) is 0 Å². The van der Waals surface area contributed by atoms with Crippen LogP contribution in [-0.4, -0.2) is 13.0 Å². The molecule has 0 N–H and O–H groups in total. The molecule has 0 aromatic rings. The third-order valence-electron chi connectivity index (χ3n) is 4.28. The third kappa shape index (κ3) is 8.13. The first-order valence-corrected chi connectivity index (χ1v) is 6.94. The molecule has 1 radical (unpaired) electrons. The van der Waals surface area contributed by atoms with Crippen LogP contribution in [0, 0.1) is 30.6 Å². The van der Waals surface area contributed by atoms with Gasteiger partial charge in [-0.05, 0) is 37.0 Å². The number of hydrogen-bond acceptors (Lipinski definition) is 1. The van der Waals surface area contributed by atoms with Gasteiger partial charge in [-0.2, -0.15) is 16.8 Å². The summed E-state index contributed by atoms with van der Waals surface area (Å²) in [5, 5.41) is 3.81. The van der Waals surface area contributed by atoms with Crippen LogP contribution in [0.2, 0.25) is 0 Å². The van der Waals surface area contributed by atoms with Gasteiger partial charge in [-0.1, -0.05) is 27.2 Å². The van der Waals surface area contributed by atoms with E-state index in [1.54, 1.807) is 14.0 Å². The molecule has 113 valence electrons. The Morgan fingerprint density at radius 1 is 1.32 bits per heavy atom. The maximum atomic E-state index is 11.6. The number of carbonyl (C=O) groups excluding carboxylic acids is 1. The largest absolute Gasteiger partial charge is 0.656 e. The minimum atomic E-state index is 0. The van der Waals surface area contributed by atoms with Crippen LogP contribution >= 0.6 is 9.90 Å². The molecule has 1 fully saturated rings. The molecule has 0 heterocycles. The van der Waals surface area contributed by atoms with Crippen molar-refractivity contribution in [3.05, 3.63) is 12.2 Å². The Morgan fingerprint density at radius 3 is 2.16 bits per heavy atom. The van der Waals surface area contributed by atoms with Crippen molar-refractivity contribution in [3.8, 4) is 0 Å². The Labute approximate surface area is 149 Å². The molecule has 0 spiro atoms. The third-order valence-corrected chi connectivity index (χ3v) is 4.28. The summed E-state index contributed by atoms with van der Waals surface area (Å²) in [5.74, 6) is 2.64. The van der Waals surface area contributed by atoms with Gasteiger partial charge >= 0.3 is 0 Å². The fraction of sp³-hybridized carbons (Fsp3) is 0.867. The molecule has 5 atom stereocenters. The first kappa shape index (κ1) is 25.0. The van der Waals surface area contributed by atoms with Gasteiger partial charge in [-0.25, -0.2) is 0 Å². The van der Waals surface area contributed by atoms with E-state index in [9.17, 15) is 4.79 Å². The van der Waals surface area contributed by atoms with Crippen molar-refractivity contribution in [1.29, 1.82) is 0 Å². The molecule has 1 rings (SSSR count). The minimum absolute atomic E-state index is 0. The summed E-state index contributed by atoms with van der Waals surface area (Å²) in [6.07, 6.45) is 4.63. The minimum Gasteiger partial charge on any atom is -0.656 e. The zero-order valence-electron chi connectivity index (χ0n) is 13.5. The average molecular weight is 362 g/mol. The van der Waals surface area contributed by atoms with Gasteiger partial charge in [0.15, 0.2) is 0 Å². The Hall–Kier alpha value is 1.00. The van der Waals surface area contributed by atoms with Crippen molar-refractivity contribution in [2.45, 2.75) is 53.4 Å². The molecule has 2 nitrogen and oxygen atoms in total. The number of hydrogen-bond donors (Lipinski definition) is 0. The average Bonchev–Trinajstić information content (AvgIpc) is 2.69. The van der Waals surface area contributed by atoms with Crippen molar-refractivity contribution < 1.29 is 37.5 Å². The van der Waals surface area contributed by atoms with Gasteiger partial charge in [-0.3, -0.25) is 0 Å². The van der Waals surface area contributed by atoms with E-state index < -0.39 is 0 Å². The van der Waals surface area contributed by atoms with Gasteiger partial charge in [0.1, 0.15) is 0 Å². The molecule has 0 aromatic carbocycles. The van der Waals surface area contributed by atoms with Crippen LogP contribution < -0.4 is 0 Å². The van der Waals surface area contributed by atoms with E-state index in [1.165, 1.54) is 12.8 Å². The first-order valence-electron chi connectivity index (χ1n) is 6.94. The van der Waals surface area contributed by atoms with Gasteiger partial charge in [0, 0.05) is 38.6 Å². The number of nitrogens with zero attached hydrogens (tertiary/aromatic N) is 1. The van der Waals surface area contributed by atoms with Crippen molar-refractivity contribution in [2.75, 3.05) is 7.05 Å². The van der Waals surface area contributed by atoms with E-state index in [0.29, 0.717) is 0 Å². The number of carbonyl (C=O) groups is 1. The molecule has 0 bridgehead atoms. The summed E-state index contributed by atoms with van der Waals surface area (Å²) in [6, 6.07) is 0. The Bertz CT molecular complexity index is 226. The topological polar surface area (TPSA) is 31.2 Å². The molecule has 0 aliphatic heterocycles. The maximum absolute atomic E-state index is 11.6. The smallest absolute Gasteiger partial charge is 0.0541 e. The van der Waals surface area contributed by atoms with E-state index in [-0.39, 0.29) is 54.4 Å². The second kappa shape index (κ2) is 14.0. The molecular weight excluding hydrogens is 330 g/mol. The van der Waals surface area contributed by atoms with Crippen molar-refractivity contribution in [2.24, 2.45) is 23.7 Å². The van der Waals surface area contributed by atoms with Gasteiger partial charge < -0.3 is 17.0 Å². The number of rotatable bonds is 4. The van der Waals surface area contributed by atoms with Crippen LogP contribution in [0.3, 0.4) is 0 Å². The predicted molar refractivity (Wildman–Crippen MR) is 85.9 cm³/mol. The SMILES string of the molecule is CCC(C[C@H]1CC[C@@H](C)[C@H]1C)C(=O)[N-]C.P.[CH2-]C.[Y]. The molecular formula is C15H32NOPY-2. The monoisotopic (exact) mass is 362 g/mol. The van der Waals surface area contributed by atoms with Gasteiger partial charge in [-0.15, -0.1) is 7.05 Å². The van der Waals surface area contributed by atoms with Crippen LogP contribution in [0.15, 0.2) is 0 Å². The molecule has 2 unspecified atom stereocenters. The van der Waals surface area contributed by atoms with Gasteiger partial charge in [0.05, 0.1) is 5.91 Å². The maximum Gasteiger partial charge on any atom is 0.0541 e. The van der Waals surface area contributed by atoms with Gasteiger partial charge in [0.25, 0.3) is 0 Å². The molecule has 19 heavy (non-hydrogen) atoms. The van der Waals surface area contributed by atoms with E-state index in [4.69, 9.17) is 0 Å². The van der Waals surface area contributed by atoms with Crippen LogP contribution in [-0.2, 0) is 37.5 Å². The van der Waals surface area contributed by atoms with Crippen LogP contribution in [0.25, 0.3) is 5.32 Å². The zero-order chi connectivity index (χ0) is 13.4. The molecule has 1 aliphatic rings. The summed E-state index contributed by atoms with van der Waals surface area (Å²) in [4.78, 5) is 11.6. The molecule has 4 heteroatoms. The first-order chi connectivity index (χ1) is 8.10. The standard InChI is InChI=1S/C13H25NO.C2H5.H3P.Y/c1-5-11(13(15)14-4)8-12-7-6-9(2)10(12)3;1-2;;/h9-12H,5-8H2,1-4H3,(H,14,15);1H2,2H3;1H3;/q;-1;;/p-1/t9-,10-,11?,12-;;;/m1.../s1. The quantitative estimate of drug-likeness (QED) is 0.535. The Kier molecular flexibility index (Phi) is 18.4. The summed E-state index contributed by atoms with van der Waals surface area (Å²) < 4.78 is 0. The summed E-state index contributed by atoms with van der Waals surface area (Å²) in [6.45, 7) is 11.8. The van der Waals surface area contributed by atoms with Crippen molar-refractivity contribution >= 4 is 15.8 Å². The fourth-order valence-corrected chi connectivity index (χ4v) is 2.79. The predicted octanol–water partition coefficient (Wildman–Crippen LogP) is 4.51. The molecule has 1 amide bonds. The van der Waals surface area contributed by atoms with Crippen LogP contribution in [0.4, 0.5) is 0 Å². The van der Waals surface area contributed by atoms with Crippen molar-refractivity contribution in [1.82, 2.24) is 0 Å². The normalized spacial score (nSPS) is 26.1. The van der Waals surface area contributed by atoms with Crippen LogP contribution in [0.1, 0.15) is 53.4 Å². The van der Waals surface area contributed by atoms with E-state index in [0.717, 1.165) is 30.6 Å². The molecule has 0 aromatic heterocycles. The Balaban J connectivity index is -0.000000609. The van der Waals surface area contributed by atoms with Crippen LogP contribution in [0.5, 0.6) is 0 Å². The summed E-state index contributed by atoms with van der Waals surface area (Å²) in [5.41, 5.74) is 0.